The molecular formula is C13H7Cl2FN4S. The number of hydrogen-bond donors (Lipinski definition) is 1. The third kappa shape index (κ3) is 2.57. The summed E-state index contributed by atoms with van der Waals surface area (Å²) in [5.74, 6) is -0.0841. The fourth-order valence-corrected chi connectivity index (χ4v) is 2.77. The van der Waals surface area contributed by atoms with Crippen molar-refractivity contribution in [2.45, 2.75) is 0 Å². The highest BCUT2D eigenvalue weighted by Crippen LogP contribution is 2.32. The van der Waals surface area contributed by atoms with E-state index in [9.17, 15) is 4.39 Å². The zero-order valence-electron chi connectivity index (χ0n) is 10.3. The lowest BCUT2D eigenvalue weighted by Gasteiger charge is -2.10. The number of hydrogen-bond acceptors (Lipinski definition) is 3. The van der Waals surface area contributed by atoms with Gasteiger partial charge in [-0.25, -0.2) is 4.39 Å². The summed E-state index contributed by atoms with van der Waals surface area (Å²) in [4.78, 5) is 4.22. The number of H-pyrrole nitrogens is 1. The number of nitrogens with zero attached hydrogens (tertiary/aromatic N) is 3. The Labute approximate surface area is 134 Å². The van der Waals surface area contributed by atoms with E-state index in [2.05, 4.69) is 15.2 Å². The average molecular weight is 341 g/mol. The summed E-state index contributed by atoms with van der Waals surface area (Å²) in [6, 6.07) is 7.71. The molecule has 3 aromatic rings. The lowest BCUT2D eigenvalue weighted by atomic mass is 10.2. The molecule has 1 N–H and O–H groups in total. The van der Waals surface area contributed by atoms with Crippen molar-refractivity contribution < 1.29 is 4.39 Å². The third-order valence-corrected chi connectivity index (χ3v) is 3.62. The van der Waals surface area contributed by atoms with Gasteiger partial charge in [0.25, 0.3) is 0 Å². The molecule has 8 heteroatoms. The molecule has 0 unspecified atom stereocenters. The van der Waals surface area contributed by atoms with Crippen LogP contribution < -0.4 is 0 Å². The predicted molar refractivity (Wildman–Crippen MR) is 82.0 cm³/mol. The van der Waals surface area contributed by atoms with E-state index in [0.717, 1.165) is 0 Å². The van der Waals surface area contributed by atoms with E-state index in [-0.39, 0.29) is 14.8 Å². The second kappa shape index (κ2) is 5.55. The summed E-state index contributed by atoms with van der Waals surface area (Å²) in [5, 5.41) is 7.08. The fourth-order valence-electron chi connectivity index (χ4n) is 1.92. The molecule has 106 valence electrons. The largest absolute Gasteiger partial charge is 0.264 e. The van der Waals surface area contributed by atoms with Crippen molar-refractivity contribution in [1.29, 1.82) is 0 Å². The maximum atomic E-state index is 13.3. The molecule has 0 saturated carbocycles. The molecule has 0 spiro atoms. The van der Waals surface area contributed by atoms with Crippen LogP contribution in [0, 0.1) is 10.6 Å². The van der Waals surface area contributed by atoms with E-state index in [1.807, 2.05) is 6.07 Å². The van der Waals surface area contributed by atoms with Crippen LogP contribution in [-0.2, 0) is 0 Å². The van der Waals surface area contributed by atoms with Gasteiger partial charge in [-0.15, -0.1) is 0 Å². The van der Waals surface area contributed by atoms with Crippen LogP contribution in [0.3, 0.4) is 0 Å². The van der Waals surface area contributed by atoms with E-state index in [1.165, 1.54) is 16.7 Å². The standard InChI is InChI=1S/C13H7Cl2FN4S/c14-8-5-7(16)6-9(15)11(8)20-12(18-19-13(20)21)10-3-1-2-4-17-10/h1-6H,(H,19,21). The number of rotatable bonds is 2. The zero-order chi connectivity index (χ0) is 15.0. The van der Waals surface area contributed by atoms with Crippen molar-refractivity contribution in [2.75, 3.05) is 0 Å². The Balaban J connectivity index is 2.30. The summed E-state index contributed by atoms with van der Waals surface area (Å²) in [7, 11) is 0. The summed E-state index contributed by atoms with van der Waals surface area (Å²) in [6.07, 6.45) is 1.63. The molecule has 0 radical (unpaired) electrons. The summed E-state index contributed by atoms with van der Waals surface area (Å²) in [6.45, 7) is 0. The zero-order valence-corrected chi connectivity index (χ0v) is 12.7. The van der Waals surface area contributed by atoms with Gasteiger partial charge in [0.1, 0.15) is 11.5 Å². The number of pyridine rings is 1. The molecule has 0 aliphatic heterocycles. The van der Waals surface area contributed by atoms with Gasteiger partial charge in [-0.3, -0.25) is 14.6 Å². The summed E-state index contributed by atoms with van der Waals surface area (Å²) < 4.78 is 15.1. The van der Waals surface area contributed by atoms with Crippen molar-refractivity contribution in [3.63, 3.8) is 0 Å². The highest BCUT2D eigenvalue weighted by atomic mass is 35.5. The predicted octanol–water partition coefficient (Wildman–Crippen LogP) is 4.44. The third-order valence-electron chi connectivity index (χ3n) is 2.77. The van der Waals surface area contributed by atoms with Gasteiger partial charge in [0.15, 0.2) is 10.6 Å². The molecule has 2 heterocycles. The van der Waals surface area contributed by atoms with Crippen molar-refractivity contribution >= 4 is 35.4 Å². The van der Waals surface area contributed by atoms with Crippen LogP contribution in [-0.4, -0.2) is 19.7 Å². The van der Waals surface area contributed by atoms with Crippen LogP contribution in [0.1, 0.15) is 0 Å². The van der Waals surface area contributed by atoms with Gasteiger partial charge in [0.05, 0.1) is 15.7 Å². The van der Waals surface area contributed by atoms with Crippen LogP contribution in [0.2, 0.25) is 10.0 Å². The van der Waals surface area contributed by atoms with E-state index < -0.39 is 5.82 Å². The maximum absolute atomic E-state index is 13.3. The molecule has 21 heavy (non-hydrogen) atoms. The van der Waals surface area contributed by atoms with Gasteiger partial charge in [0.2, 0.25) is 0 Å². The minimum atomic E-state index is -0.525. The molecule has 0 amide bonds. The van der Waals surface area contributed by atoms with Crippen LogP contribution >= 0.6 is 35.4 Å². The SMILES string of the molecule is Fc1cc(Cl)c(-n2c(-c3ccccn3)n[nH]c2=S)c(Cl)c1. The quantitative estimate of drug-likeness (QED) is 0.701. The average Bonchev–Trinajstić information content (AvgIpc) is 2.81. The molecule has 1 aromatic carbocycles. The molecule has 0 aliphatic carbocycles. The summed E-state index contributed by atoms with van der Waals surface area (Å²) in [5.41, 5.74) is 0.945. The molecule has 0 atom stereocenters. The van der Waals surface area contributed by atoms with Crippen molar-refractivity contribution in [2.24, 2.45) is 0 Å². The van der Waals surface area contributed by atoms with Crippen LogP contribution in [0.5, 0.6) is 0 Å². The van der Waals surface area contributed by atoms with Crippen molar-refractivity contribution in [1.82, 2.24) is 19.7 Å². The smallest absolute Gasteiger partial charge is 0.200 e. The normalized spacial score (nSPS) is 10.8. The van der Waals surface area contributed by atoms with E-state index in [1.54, 1.807) is 18.3 Å². The molecular weight excluding hydrogens is 334 g/mol. The van der Waals surface area contributed by atoms with E-state index in [4.69, 9.17) is 35.4 Å². The maximum Gasteiger partial charge on any atom is 0.200 e. The number of aromatic nitrogens is 4. The van der Waals surface area contributed by atoms with Gasteiger partial charge in [-0.1, -0.05) is 29.3 Å². The molecule has 0 aliphatic rings. The molecule has 3 rings (SSSR count). The number of halogens is 3. The Morgan fingerprint density at radius 3 is 2.52 bits per heavy atom. The first-order chi connectivity index (χ1) is 10.1. The molecule has 0 fully saturated rings. The lowest BCUT2D eigenvalue weighted by molar-refractivity contribution is 0.627. The van der Waals surface area contributed by atoms with Crippen LogP contribution in [0.4, 0.5) is 4.39 Å². The first-order valence-electron chi connectivity index (χ1n) is 5.81. The molecule has 4 nitrogen and oxygen atoms in total. The minimum Gasteiger partial charge on any atom is -0.264 e. The highest BCUT2D eigenvalue weighted by molar-refractivity contribution is 7.71. The van der Waals surface area contributed by atoms with Gasteiger partial charge in [0, 0.05) is 6.20 Å². The Hall–Kier alpha value is -1.76. The Morgan fingerprint density at radius 1 is 1.19 bits per heavy atom. The van der Waals surface area contributed by atoms with E-state index >= 15 is 0 Å². The highest BCUT2D eigenvalue weighted by Gasteiger charge is 2.17. The van der Waals surface area contributed by atoms with Gasteiger partial charge >= 0.3 is 0 Å². The number of nitrogens with one attached hydrogen (secondary N) is 1. The Bertz CT molecular complexity index is 837. The first-order valence-corrected chi connectivity index (χ1v) is 6.98. The Morgan fingerprint density at radius 2 is 1.90 bits per heavy atom. The summed E-state index contributed by atoms with van der Waals surface area (Å²) >= 11 is 17.4. The topological polar surface area (TPSA) is 46.5 Å². The second-order valence-electron chi connectivity index (χ2n) is 4.12. The first kappa shape index (κ1) is 14.2. The van der Waals surface area contributed by atoms with Crippen LogP contribution in [0.15, 0.2) is 36.5 Å². The molecule has 0 bridgehead atoms. The number of aromatic amines is 1. The second-order valence-corrected chi connectivity index (χ2v) is 5.32. The molecule has 0 saturated heterocycles. The monoisotopic (exact) mass is 340 g/mol. The minimum absolute atomic E-state index is 0.134. The van der Waals surface area contributed by atoms with Gasteiger partial charge in [-0.2, -0.15) is 5.10 Å². The Kier molecular flexibility index (Phi) is 3.75. The lowest BCUT2D eigenvalue weighted by Crippen LogP contribution is -2.01. The van der Waals surface area contributed by atoms with Crippen molar-refractivity contribution in [3.8, 4) is 17.2 Å². The number of benzene rings is 1. The van der Waals surface area contributed by atoms with Gasteiger partial charge < -0.3 is 0 Å². The van der Waals surface area contributed by atoms with Crippen molar-refractivity contribution in [3.05, 3.63) is 57.2 Å². The van der Waals surface area contributed by atoms with Gasteiger partial charge in [-0.05, 0) is 36.5 Å². The fraction of sp³-hybridized carbons (Fsp3) is 0. The molecule has 2 aromatic heterocycles. The van der Waals surface area contributed by atoms with Crippen LogP contribution in [0.25, 0.3) is 17.2 Å². The van der Waals surface area contributed by atoms with E-state index in [0.29, 0.717) is 17.2 Å².